The zero-order valence-electron chi connectivity index (χ0n) is 13.0. The van der Waals surface area contributed by atoms with Gasteiger partial charge in [0.05, 0.1) is 20.3 Å². The minimum absolute atomic E-state index is 0.238. The van der Waals surface area contributed by atoms with E-state index in [1.165, 1.54) is 0 Å². The molecule has 0 saturated carbocycles. The number of ether oxygens (including phenoxy) is 1. The highest BCUT2D eigenvalue weighted by Crippen LogP contribution is 2.29. The van der Waals surface area contributed by atoms with Crippen LogP contribution in [0.1, 0.15) is 11.3 Å². The number of benzene rings is 1. The van der Waals surface area contributed by atoms with Gasteiger partial charge in [0.1, 0.15) is 16.4 Å². The summed E-state index contributed by atoms with van der Waals surface area (Å²) in [5, 5.41) is 20.1. The third-order valence-corrected chi connectivity index (χ3v) is 4.96. The van der Waals surface area contributed by atoms with Gasteiger partial charge in [-0.3, -0.25) is 0 Å². The smallest absolute Gasteiger partial charge is 0.123 e. The summed E-state index contributed by atoms with van der Waals surface area (Å²) in [5.74, 6) is 0.821. The number of aliphatic hydroxyl groups excluding tert-OH is 1. The second-order valence-electron chi connectivity index (χ2n) is 5.66. The van der Waals surface area contributed by atoms with Crippen molar-refractivity contribution in [1.82, 2.24) is 9.88 Å². The lowest BCUT2D eigenvalue weighted by Gasteiger charge is -2.32. The van der Waals surface area contributed by atoms with Crippen molar-refractivity contribution < 1.29 is 14.9 Å². The Balaban J connectivity index is 1.69. The predicted octanol–water partition coefficient (Wildman–Crippen LogP) is 2.26. The summed E-state index contributed by atoms with van der Waals surface area (Å²) in [6.07, 6.45) is 5.94. The zero-order chi connectivity index (χ0) is 16.3. The van der Waals surface area contributed by atoms with Crippen molar-refractivity contribution >= 4 is 11.3 Å². The predicted molar refractivity (Wildman–Crippen MR) is 90.3 cm³/mol. The Labute approximate surface area is 139 Å². The van der Waals surface area contributed by atoms with Gasteiger partial charge < -0.3 is 19.8 Å². The van der Waals surface area contributed by atoms with Crippen molar-refractivity contribution in [3.63, 3.8) is 0 Å². The van der Waals surface area contributed by atoms with Gasteiger partial charge in [0.15, 0.2) is 0 Å². The minimum Gasteiger partial charge on any atom is -0.497 e. The average molecular weight is 332 g/mol. The molecule has 1 aromatic carbocycles. The van der Waals surface area contributed by atoms with Gasteiger partial charge in [-0.05, 0) is 30.8 Å². The summed E-state index contributed by atoms with van der Waals surface area (Å²) in [5.41, 5.74) is -0.0277. The van der Waals surface area contributed by atoms with Crippen molar-refractivity contribution in [2.24, 2.45) is 0 Å². The van der Waals surface area contributed by atoms with Crippen LogP contribution in [0.15, 0.2) is 42.7 Å². The number of hydrogen-bond donors (Lipinski definition) is 2. The minimum atomic E-state index is -1.07. The van der Waals surface area contributed by atoms with Crippen LogP contribution >= 0.6 is 11.3 Å². The molecule has 0 spiro atoms. The summed E-state index contributed by atoms with van der Waals surface area (Å²) in [6, 6.07) is 7.87. The van der Waals surface area contributed by atoms with Crippen molar-refractivity contribution in [3.05, 3.63) is 47.6 Å². The maximum Gasteiger partial charge on any atom is 0.123 e. The van der Waals surface area contributed by atoms with Crippen LogP contribution in [0.2, 0.25) is 0 Å². The maximum atomic E-state index is 9.98. The number of aliphatic hydroxyl groups is 2. The molecule has 0 saturated heterocycles. The number of rotatable bonds is 5. The quantitative estimate of drug-likeness (QED) is 0.879. The molecule has 0 amide bonds. The lowest BCUT2D eigenvalue weighted by atomic mass is 9.98. The number of aromatic nitrogens is 1. The molecular formula is C17H20N2O3S. The maximum absolute atomic E-state index is 9.98. The van der Waals surface area contributed by atoms with E-state index in [0.29, 0.717) is 13.0 Å². The lowest BCUT2D eigenvalue weighted by Crippen LogP contribution is -2.39. The highest BCUT2D eigenvalue weighted by Gasteiger charge is 2.26. The Morgan fingerprint density at radius 3 is 3.00 bits per heavy atom. The van der Waals surface area contributed by atoms with E-state index >= 15 is 0 Å². The average Bonchev–Trinajstić information content (AvgIpc) is 3.06. The normalized spacial score (nSPS) is 20.7. The van der Waals surface area contributed by atoms with Crippen LogP contribution in [0.25, 0.3) is 10.6 Å². The molecule has 6 heteroatoms. The summed E-state index contributed by atoms with van der Waals surface area (Å²) in [4.78, 5) is 7.77. The molecule has 2 heterocycles. The molecular weight excluding hydrogens is 312 g/mol. The van der Waals surface area contributed by atoms with Crippen LogP contribution < -0.4 is 4.74 Å². The molecule has 0 bridgehead atoms. The van der Waals surface area contributed by atoms with Crippen molar-refractivity contribution in [2.45, 2.75) is 18.6 Å². The van der Waals surface area contributed by atoms with Gasteiger partial charge in [-0.15, -0.1) is 11.3 Å². The van der Waals surface area contributed by atoms with E-state index in [1.54, 1.807) is 24.5 Å². The monoisotopic (exact) mass is 332 g/mol. The second-order valence-corrected chi connectivity index (χ2v) is 6.78. The second kappa shape index (κ2) is 6.70. The third-order valence-electron chi connectivity index (χ3n) is 3.93. The van der Waals surface area contributed by atoms with Crippen LogP contribution in [-0.2, 0) is 6.54 Å². The van der Waals surface area contributed by atoms with Crippen LogP contribution in [0.3, 0.4) is 0 Å². The summed E-state index contributed by atoms with van der Waals surface area (Å²) >= 11 is 1.65. The van der Waals surface area contributed by atoms with Gasteiger partial charge >= 0.3 is 0 Å². The Kier molecular flexibility index (Phi) is 4.66. The summed E-state index contributed by atoms with van der Waals surface area (Å²) < 4.78 is 5.25. The van der Waals surface area contributed by atoms with E-state index < -0.39 is 5.60 Å². The van der Waals surface area contributed by atoms with E-state index in [0.717, 1.165) is 27.7 Å². The molecule has 23 heavy (non-hydrogen) atoms. The Morgan fingerprint density at radius 2 is 2.30 bits per heavy atom. The fourth-order valence-corrected chi connectivity index (χ4v) is 3.41. The van der Waals surface area contributed by atoms with Crippen LogP contribution in [0.5, 0.6) is 5.75 Å². The largest absolute Gasteiger partial charge is 0.497 e. The topological polar surface area (TPSA) is 65.8 Å². The fraction of sp³-hybridized carbons (Fsp3) is 0.353. The Morgan fingerprint density at radius 1 is 1.43 bits per heavy atom. The Bertz CT molecular complexity index is 701. The van der Waals surface area contributed by atoms with Gasteiger partial charge in [0, 0.05) is 23.2 Å². The van der Waals surface area contributed by atoms with Crippen molar-refractivity contribution in [3.8, 4) is 16.3 Å². The van der Waals surface area contributed by atoms with Gasteiger partial charge in [-0.2, -0.15) is 0 Å². The van der Waals surface area contributed by atoms with E-state index in [9.17, 15) is 5.11 Å². The molecule has 1 atom stereocenters. The third kappa shape index (κ3) is 3.72. The number of hydrogen-bond acceptors (Lipinski definition) is 6. The van der Waals surface area contributed by atoms with Gasteiger partial charge in [0.2, 0.25) is 0 Å². The first kappa shape index (κ1) is 16.0. The van der Waals surface area contributed by atoms with Crippen LogP contribution in [0, 0.1) is 0 Å². The molecule has 3 rings (SSSR count). The van der Waals surface area contributed by atoms with E-state index in [2.05, 4.69) is 9.88 Å². The summed E-state index contributed by atoms with van der Waals surface area (Å²) in [7, 11) is 1.66. The first-order chi connectivity index (χ1) is 11.1. The zero-order valence-corrected chi connectivity index (χ0v) is 13.8. The molecule has 5 nitrogen and oxygen atoms in total. The molecule has 1 aliphatic rings. The SMILES string of the molecule is COc1cccc(-c2ncc(CN3C=C[C@](O)(CO)CC3)s2)c1. The fourth-order valence-electron chi connectivity index (χ4n) is 2.47. The number of thiazole rings is 1. The number of nitrogens with zero attached hydrogens (tertiary/aromatic N) is 2. The lowest BCUT2D eigenvalue weighted by molar-refractivity contribution is 0.00640. The van der Waals surface area contributed by atoms with Crippen molar-refractivity contribution in [1.29, 1.82) is 0 Å². The molecule has 0 aliphatic carbocycles. The molecule has 2 N–H and O–H groups in total. The molecule has 0 fully saturated rings. The number of methoxy groups -OCH3 is 1. The van der Waals surface area contributed by atoms with E-state index in [-0.39, 0.29) is 6.61 Å². The first-order valence-electron chi connectivity index (χ1n) is 7.48. The molecule has 2 aromatic rings. The van der Waals surface area contributed by atoms with Gasteiger partial charge in [0.25, 0.3) is 0 Å². The van der Waals surface area contributed by atoms with Gasteiger partial charge in [-0.25, -0.2) is 4.98 Å². The highest BCUT2D eigenvalue weighted by molar-refractivity contribution is 7.15. The van der Waals surface area contributed by atoms with Crippen LogP contribution in [0.4, 0.5) is 0 Å². The van der Waals surface area contributed by atoms with Crippen molar-refractivity contribution in [2.75, 3.05) is 20.3 Å². The molecule has 1 aliphatic heterocycles. The summed E-state index contributed by atoms with van der Waals surface area (Å²) in [6.45, 7) is 1.22. The standard InChI is InChI=1S/C17H20N2O3S/c1-22-14-4-2-3-13(9-14)16-18-10-15(23-16)11-19-7-5-17(21,12-20)6-8-19/h2-5,7,9-10,20-21H,6,8,11-12H2,1H3/t17-/m1/s1. The molecule has 122 valence electrons. The molecule has 0 unspecified atom stereocenters. The van der Waals surface area contributed by atoms with Crippen LogP contribution in [-0.4, -0.2) is 46.0 Å². The molecule has 1 aromatic heterocycles. The van der Waals surface area contributed by atoms with Gasteiger partial charge in [-0.1, -0.05) is 12.1 Å². The Hall–Kier alpha value is -1.89. The van der Waals surface area contributed by atoms with E-state index in [1.807, 2.05) is 36.7 Å². The van der Waals surface area contributed by atoms with E-state index in [4.69, 9.17) is 9.84 Å². The first-order valence-corrected chi connectivity index (χ1v) is 8.29. The molecule has 0 radical (unpaired) electrons. The highest BCUT2D eigenvalue weighted by atomic mass is 32.1.